The van der Waals surface area contributed by atoms with E-state index in [1.165, 1.54) is 42.5 Å². The van der Waals surface area contributed by atoms with Crippen LogP contribution >= 0.6 is 23.2 Å². The van der Waals surface area contributed by atoms with E-state index in [1.54, 1.807) is 0 Å². The quantitative estimate of drug-likeness (QED) is 0.490. The average molecular weight is 488 g/mol. The number of hydrogen-bond donors (Lipinski definition) is 3. The number of carbonyl (C=O) groups excluding carboxylic acids is 3. The lowest BCUT2D eigenvalue weighted by Gasteiger charge is -2.13. The second-order valence-corrected chi connectivity index (χ2v) is 8.60. The summed E-state index contributed by atoms with van der Waals surface area (Å²) in [5, 5.41) is 4.53. The van der Waals surface area contributed by atoms with Gasteiger partial charge in [0.1, 0.15) is 4.90 Å². The largest absolute Gasteiger partial charge is 0.452 e. The number of sulfonamides is 1. The van der Waals surface area contributed by atoms with E-state index in [1.807, 2.05) is 12.2 Å². The SMILES string of the molecule is CCCNC(=O)NC(=O)COC(=O)c1ccccc1NS(=O)(=O)c1cc(Cl)ccc1Cl. The van der Waals surface area contributed by atoms with Crippen LogP contribution in [0.15, 0.2) is 47.4 Å². The van der Waals surface area contributed by atoms with Crippen LogP contribution in [0, 0.1) is 0 Å². The van der Waals surface area contributed by atoms with Crippen LogP contribution in [0.4, 0.5) is 10.5 Å². The van der Waals surface area contributed by atoms with Crippen LogP contribution in [0.2, 0.25) is 10.0 Å². The molecule has 0 unspecified atom stereocenters. The maximum Gasteiger partial charge on any atom is 0.340 e. The highest BCUT2D eigenvalue weighted by atomic mass is 35.5. The molecule has 2 aromatic carbocycles. The molecule has 0 aromatic heterocycles. The Morgan fingerprint density at radius 1 is 1.06 bits per heavy atom. The number of imide groups is 1. The van der Waals surface area contributed by atoms with Crippen molar-refractivity contribution in [2.24, 2.45) is 0 Å². The lowest BCUT2D eigenvalue weighted by Crippen LogP contribution is -2.41. The number of urea groups is 1. The van der Waals surface area contributed by atoms with Gasteiger partial charge in [-0.15, -0.1) is 0 Å². The number of para-hydroxylation sites is 1. The molecule has 0 fully saturated rings. The van der Waals surface area contributed by atoms with E-state index < -0.39 is 34.5 Å². The molecule has 0 heterocycles. The van der Waals surface area contributed by atoms with Crippen molar-refractivity contribution < 1.29 is 27.5 Å². The molecule has 2 rings (SSSR count). The predicted molar refractivity (Wildman–Crippen MR) is 116 cm³/mol. The Kier molecular flexibility index (Phi) is 8.66. The molecular formula is C19H19Cl2N3O6S. The summed E-state index contributed by atoms with van der Waals surface area (Å²) in [7, 11) is -4.18. The summed E-state index contributed by atoms with van der Waals surface area (Å²) >= 11 is 11.8. The molecule has 0 saturated heterocycles. The molecule has 3 amide bonds. The first-order valence-electron chi connectivity index (χ1n) is 8.95. The highest BCUT2D eigenvalue weighted by molar-refractivity contribution is 7.92. The molecule has 166 valence electrons. The number of esters is 1. The van der Waals surface area contributed by atoms with Gasteiger partial charge in [0.2, 0.25) is 0 Å². The third kappa shape index (κ3) is 7.12. The molecule has 0 aliphatic rings. The summed E-state index contributed by atoms with van der Waals surface area (Å²) in [4.78, 5) is 35.3. The van der Waals surface area contributed by atoms with Crippen LogP contribution in [-0.4, -0.2) is 39.5 Å². The number of ether oxygens (including phenoxy) is 1. The second kappa shape index (κ2) is 11.0. The second-order valence-electron chi connectivity index (χ2n) is 6.11. The van der Waals surface area contributed by atoms with E-state index in [0.29, 0.717) is 13.0 Å². The van der Waals surface area contributed by atoms with Crippen molar-refractivity contribution in [2.45, 2.75) is 18.2 Å². The number of nitrogens with one attached hydrogen (secondary N) is 3. The first-order chi connectivity index (χ1) is 14.6. The van der Waals surface area contributed by atoms with E-state index in [2.05, 4.69) is 10.0 Å². The molecular weight excluding hydrogens is 469 g/mol. The van der Waals surface area contributed by atoms with Gasteiger partial charge in [-0.25, -0.2) is 18.0 Å². The normalized spacial score (nSPS) is 10.8. The van der Waals surface area contributed by atoms with Crippen molar-refractivity contribution in [3.8, 4) is 0 Å². The highest BCUT2D eigenvalue weighted by Crippen LogP contribution is 2.28. The van der Waals surface area contributed by atoms with Crippen LogP contribution in [-0.2, 0) is 19.6 Å². The summed E-state index contributed by atoms with van der Waals surface area (Å²) in [6, 6.07) is 8.85. The summed E-state index contributed by atoms with van der Waals surface area (Å²) in [6.07, 6.45) is 0.684. The zero-order chi connectivity index (χ0) is 23.0. The zero-order valence-electron chi connectivity index (χ0n) is 16.3. The zero-order valence-corrected chi connectivity index (χ0v) is 18.6. The Bertz CT molecular complexity index is 1090. The molecule has 0 saturated carbocycles. The van der Waals surface area contributed by atoms with Crippen molar-refractivity contribution in [1.82, 2.24) is 10.6 Å². The third-order valence-corrected chi connectivity index (χ3v) is 5.78. The predicted octanol–water partition coefficient (Wildman–Crippen LogP) is 3.19. The van der Waals surface area contributed by atoms with Gasteiger partial charge in [0.15, 0.2) is 6.61 Å². The Morgan fingerprint density at radius 3 is 2.48 bits per heavy atom. The summed E-state index contributed by atoms with van der Waals surface area (Å²) in [5.41, 5.74) is -0.239. The molecule has 0 radical (unpaired) electrons. The van der Waals surface area contributed by atoms with Crippen LogP contribution in [0.5, 0.6) is 0 Å². The molecule has 0 aliphatic carbocycles. The number of halogens is 2. The summed E-state index contributed by atoms with van der Waals surface area (Å²) in [5.74, 6) is -1.81. The highest BCUT2D eigenvalue weighted by Gasteiger charge is 2.22. The van der Waals surface area contributed by atoms with Crippen LogP contribution in [0.25, 0.3) is 0 Å². The Labute approximate surface area is 189 Å². The number of benzene rings is 2. The van der Waals surface area contributed by atoms with Gasteiger partial charge in [-0.2, -0.15) is 0 Å². The molecule has 9 nitrogen and oxygen atoms in total. The number of amides is 3. The fourth-order valence-corrected chi connectivity index (χ4v) is 4.13. The van der Waals surface area contributed by atoms with E-state index in [0.717, 1.165) is 0 Å². The minimum atomic E-state index is -4.18. The molecule has 12 heteroatoms. The van der Waals surface area contributed by atoms with E-state index in [9.17, 15) is 22.8 Å². The van der Waals surface area contributed by atoms with Crippen molar-refractivity contribution in [2.75, 3.05) is 17.9 Å². The number of hydrogen-bond acceptors (Lipinski definition) is 6. The van der Waals surface area contributed by atoms with Gasteiger partial charge in [-0.3, -0.25) is 14.8 Å². The fourth-order valence-electron chi connectivity index (χ4n) is 2.29. The topological polar surface area (TPSA) is 131 Å². The molecule has 0 spiro atoms. The first-order valence-corrected chi connectivity index (χ1v) is 11.2. The lowest BCUT2D eigenvalue weighted by atomic mass is 10.2. The number of carbonyl (C=O) groups is 3. The lowest BCUT2D eigenvalue weighted by molar-refractivity contribution is -0.123. The molecule has 2 aromatic rings. The van der Waals surface area contributed by atoms with E-state index >= 15 is 0 Å². The smallest absolute Gasteiger partial charge is 0.340 e. The number of rotatable bonds is 8. The first kappa shape index (κ1) is 24.4. The molecule has 3 N–H and O–H groups in total. The monoisotopic (exact) mass is 487 g/mol. The van der Waals surface area contributed by atoms with Crippen molar-refractivity contribution in [3.05, 3.63) is 58.1 Å². The molecule has 31 heavy (non-hydrogen) atoms. The fraction of sp³-hybridized carbons (Fsp3) is 0.211. The van der Waals surface area contributed by atoms with E-state index in [4.69, 9.17) is 27.9 Å². The molecule has 0 bridgehead atoms. The average Bonchev–Trinajstić information content (AvgIpc) is 2.72. The minimum Gasteiger partial charge on any atom is -0.452 e. The Hall–Kier alpha value is -2.82. The van der Waals surface area contributed by atoms with Gasteiger partial charge in [0.25, 0.3) is 15.9 Å². The van der Waals surface area contributed by atoms with Crippen molar-refractivity contribution in [3.63, 3.8) is 0 Å². The van der Waals surface area contributed by atoms with Gasteiger partial charge >= 0.3 is 12.0 Å². The number of anilines is 1. The summed E-state index contributed by atoms with van der Waals surface area (Å²) < 4.78 is 32.6. The van der Waals surface area contributed by atoms with Crippen LogP contribution < -0.4 is 15.4 Å². The third-order valence-electron chi connectivity index (χ3n) is 3.70. The minimum absolute atomic E-state index is 0.0602. The Morgan fingerprint density at radius 2 is 1.77 bits per heavy atom. The van der Waals surface area contributed by atoms with Gasteiger partial charge in [0, 0.05) is 11.6 Å². The standard InChI is InChI=1S/C19H19Cl2N3O6S/c1-2-9-22-19(27)23-17(25)11-30-18(26)13-5-3-4-6-15(13)24-31(28,29)16-10-12(20)7-8-14(16)21/h3-8,10,24H,2,9,11H2,1H3,(H2,22,23,25,27). The molecule has 0 aliphatic heterocycles. The van der Waals surface area contributed by atoms with Gasteiger partial charge in [-0.1, -0.05) is 42.3 Å². The maximum absolute atomic E-state index is 12.7. The molecule has 0 atom stereocenters. The summed E-state index contributed by atoms with van der Waals surface area (Å²) in [6.45, 7) is 1.48. The van der Waals surface area contributed by atoms with Crippen molar-refractivity contribution >= 4 is 56.8 Å². The van der Waals surface area contributed by atoms with Gasteiger partial charge < -0.3 is 10.1 Å². The maximum atomic E-state index is 12.7. The van der Waals surface area contributed by atoms with E-state index in [-0.39, 0.29) is 26.2 Å². The van der Waals surface area contributed by atoms with Gasteiger partial charge in [0.05, 0.1) is 16.3 Å². The Balaban J connectivity index is 2.11. The van der Waals surface area contributed by atoms with Crippen LogP contribution in [0.3, 0.4) is 0 Å². The van der Waals surface area contributed by atoms with Crippen molar-refractivity contribution in [1.29, 1.82) is 0 Å². The van der Waals surface area contributed by atoms with Gasteiger partial charge in [-0.05, 0) is 36.8 Å². The van der Waals surface area contributed by atoms with Crippen LogP contribution in [0.1, 0.15) is 23.7 Å².